The number of Topliss-reactive ketones (excluding diaryl/α,β-unsaturated/α-hetero) is 2. The van der Waals surface area contributed by atoms with Crippen molar-refractivity contribution in [1.82, 2.24) is 0 Å². The number of hydrogen-bond donors (Lipinski definition) is 0. The van der Waals surface area contributed by atoms with Gasteiger partial charge < -0.3 is 30.8 Å². The van der Waals surface area contributed by atoms with Crippen molar-refractivity contribution in [2.24, 2.45) is 0 Å². The first-order valence-corrected chi connectivity index (χ1v) is 3.64. The Morgan fingerprint density at radius 3 is 0.941 bits per heavy atom. The second kappa shape index (κ2) is 17.2. The van der Waals surface area contributed by atoms with Gasteiger partial charge in [0.15, 0.2) is 0 Å². The molecule has 96 valence electrons. The minimum Gasteiger partial charge on any atom is -0.550 e. The maximum atomic E-state index is 9.83. The molecule has 0 aromatic heterocycles. The van der Waals surface area contributed by atoms with E-state index < -0.39 is 24.8 Å². The van der Waals surface area contributed by atoms with Crippen LogP contribution in [0.15, 0.2) is 0 Å². The van der Waals surface area contributed by atoms with E-state index >= 15 is 0 Å². The van der Waals surface area contributed by atoms with Gasteiger partial charge >= 0.3 is 19.5 Å². The number of hydrogen-bond acceptors (Lipinski definition) is 6. The van der Waals surface area contributed by atoms with Crippen molar-refractivity contribution in [2.75, 3.05) is 0 Å². The van der Waals surface area contributed by atoms with Gasteiger partial charge in [-0.3, -0.25) is 9.59 Å². The summed E-state index contributed by atoms with van der Waals surface area (Å²) >= 11 is 0. The van der Waals surface area contributed by atoms with Crippen molar-refractivity contribution in [2.45, 2.75) is 26.7 Å². The zero-order chi connectivity index (χ0) is 11.7. The molecule has 0 aliphatic rings. The summed E-state index contributed by atoms with van der Waals surface area (Å²) in [5, 5.41) is 19.0. The van der Waals surface area contributed by atoms with Crippen molar-refractivity contribution in [1.29, 1.82) is 0 Å². The SMILES string of the molecule is CC(=O)CC(=O)[O-].CC(=O)CC(=O)[O-].O.O.[Zn+2]. The molecule has 0 unspecified atom stereocenters. The number of aliphatic carboxylic acids is 2. The summed E-state index contributed by atoms with van der Waals surface area (Å²) in [5.41, 5.74) is 0. The van der Waals surface area contributed by atoms with Crippen LogP contribution in [0.1, 0.15) is 26.7 Å². The van der Waals surface area contributed by atoms with Gasteiger partial charge in [-0.1, -0.05) is 0 Å². The average molecular weight is 304 g/mol. The molecule has 4 N–H and O–H groups in total. The van der Waals surface area contributed by atoms with E-state index in [1.165, 1.54) is 13.8 Å². The molecular formula is C8H14O8Zn. The molecule has 0 aliphatic heterocycles. The average Bonchev–Trinajstić information content (AvgIpc) is 1.79. The predicted molar refractivity (Wildman–Crippen MR) is 47.8 cm³/mol. The third-order valence-corrected chi connectivity index (χ3v) is 0.787. The van der Waals surface area contributed by atoms with Gasteiger partial charge in [0.25, 0.3) is 0 Å². The molecule has 0 amide bonds. The van der Waals surface area contributed by atoms with E-state index in [9.17, 15) is 29.4 Å². The second-order valence-electron chi connectivity index (χ2n) is 2.50. The molecule has 0 heterocycles. The Hall–Kier alpha value is -1.18. The number of rotatable bonds is 4. The van der Waals surface area contributed by atoms with Gasteiger partial charge in [-0.2, -0.15) is 0 Å². The molecule has 0 aromatic rings. The van der Waals surface area contributed by atoms with Crippen LogP contribution in [-0.2, 0) is 38.7 Å². The minimum atomic E-state index is -1.31. The molecule has 9 heteroatoms. The van der Waals surface area contributed by atoms with Crippen molar-refractivity contribution < 1.29 is 59.8 Å². The van der Waals surface area contributed by atoms with Crippen molar-refractivity contribution in [3.63, 3.8) is 0 Å². The fourth-order valence-electron chi connectivity index (χ4n) is 0.407. The van der Waals surface area contributed by atoms with E-state index in [0.29, 0.717) is 0 Å². The molecule has 0 saturated heterocycles. The fraction of sp³-hybridized carbons (Fsp3) is 0.500. The topological polar surface area (TPSA) is 177 Å². The first kappa shape index (κ1) is 29.7. The molecule has 0 aromatic carbocycles. The molecule has 0 rings (SSSR count). The Labute approximate surface area is 110 Å². The summed E-state index contributed by atoms with van der Waals surface area (Å²) in [7, 11) is 0. The molecular weight excluding hydrogens is 289 g/mol. The molecule has 8 nitrogen and oxygen atoms in total. The Kier molecular flexibility index (Phi) is 30.1. The number of carbonyl (C=O) groups is 4. The van der Waals surface area contributed by atoms with Crippen LogP contribution in [0.4, 0.5) is 0 Å². The van der Waals surface area contributed by atoms with Gasteiger partial charge in [0.05, 0.1) is 0 Å². The number of carboxylic acid groups (broad SMARTS) is 2. The molecule has 0 spiro atoms. The van der Waals surface area contributed by atoms with Crippen molar-refractivity contribution in [3.8, 4) is 0 Å². The molecule has 0 fully saturated rings. The third kappa shape index (κ3) is 52.4. The summed E-state index contributed by atoms with van der Waals surface area (Å²) in [5.74, 6) is -3.37. The monoisotopic (exact) mass is 302 g/mol. The van der Waals surface area contributed by atoms with Crippen LogP contribution in [0, 0.1) is 0 Å². The van der Waals surface area contributed by atoms with Crippen LogP contribution in [0.2, 0.25) is 0 Å². The number of ketones is 2. The van der Waals surface area contributed by atoms with Crippen LogP contribution in [0.5, 0.6) is 0 Å². The van der Waals surface area contributed by atoms with Gasteiger partial charge in [0.2, 0.25) is 0 Å². The van der Waals surface area contributed by atoms with E-state index in [1.54, 1.807) is 0 Å². The summed E-state index contributed by atoms with van der Waals surface area (Å²) in [4.78, 5) is 38.6. The van der Waals surface area contributed by atoms with E-state index in [2.05, 4.69) is 0 Å². The van der Waals surface area contributed by atoms with Crippen molar-refractivity contribution in [3.05, 3.63) is 0 Å². The quantitative estimate of drug-likeness (QED) is 0.375. The summed E-state index contributed by atoms with van der Waals surface area (Å²) < 4.78 is 0. The first-order chi connectivity index (χ1) is 6.25. The molecule has 0 aliphatic carbocycles. The number of carboxylic acids is 2. The second-order valence-corrected chi connectivity index (χ2v) is 2.50. The van der Waals surface area contributed by atoms with E-state index in [0.717, 1.165) is 0 Å². The third-order valence-electron chi connectivity index (χ3n) is 0.787. The Bertz CT molecular complexity index is 200. The predicted octanol–water partition coefficient (Wildman–Crippen LogP) is -4.22. The molecule has 0 radical (unpaired) electrons. The molecule has 17 heavy (non-hydrogen) atoms. The molecule has 0 bridgehead atoms. The van der Waals surface area contributed by atoms with Crippen LogP contribution in [0.25, 0.3) is 0 Å². The van der Waals surface area contributed by atoms with Crippen LogP contribution in [0.3, 0.4) is 0 Å². The van der Waals surface area contributed by atoms with E-state index in [-0.39, 0.29) is 42.0 Å². The van der Waals surface area contributed by atoms with Crippen molar-refractivity contribution >= 4 is 23.5 Å². The van der Waals surface area contributed by atoms with Crippen LogP contribution in [-0.4, -0.2) is 34.5 Å². The first-order valence-electron chi connectivity index (χ1n) is 3.64. The minimum absolute atomic E-state index is 0. The smallest absolute Gasteiger partial charge is 0.550 e. The zero-order valence-corrected chi connectivity index (χ0v) is 12.5. The van der Waals surface area contributed by atoms with E-state index in [1.807, 2.05) is 0 Å². The summed E-state index contributed by atoms with van der Waals surface area (Å²) in [6.45, 7) is 2.41. The largest absolute Gasteiger partial charge is 2.00 e. The van der Waals surface area contributed by atoms with Gasteiger partial charge in [0, 0.05) is 24.8 Å². The van der Waals surface area contributed by atoms with Gasteiger partial charge in [-0.05, 0) is 13.8 Å². The van der Waals surface area contributed by atoms with Crippen LogP contribution >= 0.6 is 0 Å². The molecule has 0 atom stereocenters. The number of carbonyl (C=O) groups excluding carboxylic acids is 4. The Morgan fingerprint density at radius 2 is 0.941 bits per heavy atom. The maximum absolute atomic E-state index is 9.83. The maximum Gasteiger partial charge on any atom is 2.00 e. The Morgan fingerprint density at radius 1 is 0.765 bits per heavy atom. The van der Waals surface area contributed by atoms with E-state index in [4.69, 9.17) is 0 Å². The zero-order valence-electron chi connectivity index (χ0n) is 9.57. The normalized spacial score (nSPS) is 6.71. The van der Waals surface area contributed by atoms with Gasteiger partial charge in [-0.15, -0.1) is 0 Å². The van der Waals surface area contributed by atoms with Gasteiger partial charge in [-0.25, -0.2) is 0 Å². The van der Waals surface area contributed by atoms with Gasteiger partial charge in [0.1, 0.15) is 11.6 Å². The molecule has 0 saturated carbocycles. The fourth-order valence-corrected chi connectivity index (χ4v) is 0.407. The Balaban J connectivity index is -0.0000000480. The summed E-state index contributed by atoms with van der Waals surface area (Å²) in [6, 6.07) is 0. The summed E-state index contributed by atoms with van der Waals surface area (Å²) in [6.07, 6.45) is -0.944. The standard InChI is InChI=1S/2C4H6O3.2H2O.Zn/c2*1-3(5)2-4(6)7;;;/h2*2H2,1H3,(H,6,7);2*1H2;/q;;;;+2/p-2. The van der Waals surface area contributed by atoms with Crippen LogP contribution < -0.4 is 10.2 Å².